The lowest BCUT2D eigenvalue weighted by atomic mass is 10.2. The molecule has 0 aliphatic carbocycles. The number of amides is 2. The van der Waals surface area contributed by atoms with Gasteiger partial charge in [0.25, 0.3) is 0 Å². The highest BCUT2D eigenvalue weighted by Crippen LogP contribution is 2.16. The second-order valence-corrected chi connectivity index (χ2v) is 7.29. The van der Waals surface area contributed by atoms with Crippen molar-refractivity contribution in [2.24, 2.45) is 0 Å². The fraction of sp³-hybridized carbons (Fsp3) is 0.292. The third-order valence-corrected chi connectivity index (χ3v) is 5.14. The van der Waals surface area contributed by atoms with Gasteiger partial charge in [0.15, 0.2) is 0 Å². The van der Waals surface area contributed by atoms with Crippen molar-refractivity contribution in [1.82, 2.24) is 9.47 Å². The number of aryl methyl sites for hydroxylation is 1. The van der Waals surface area contributed by atoms with Gasteiger partial charge in [-0.25, -0.2) is 4.79 Å². The fourth-order valence-electron chi connectivity index (χ4n) is 3.18. The Bertz CT molecular complexity index is 884. The number of rotatable bonds is 7. The number of aromatic nitrogens is 1. The first kappa shape index (κ1) is 19.7. The number of hydrogen-bond donors (Lipinski definition) is 1. The summed E-state index contributed by atoms with van der Waals surface area (Å²) in [6, 6.07) is 22.5. The molecular weight excluding hydrogens is 346 g/mol. The van der Waals surface area contributed by atoms with Crippen LogP contribution in [0.15, 0.2) is 72.9 Å². The molecule has 2 amide bonds. The van der Waals surface area contributed by atoms with E-state index in [2.05, 4.69) is 60.3 Å². The van der Waals surface area contributed by atoms with Crippen molar-refractivity contribution in [3.05, 3.63) is 89.7 Å². The van der Waals surface area contributed by atoms with Crippen LogP contribution in [-0.4, -0.2) is 21.5 Å². The lowest BCUT2D eigenvalue weighted by Gasteiger charge is -2.29. The molecule has 0 saturated heterocycles. The number of carbonyl (C=O) groups excluding carboxylic acids is 1. The maximum absolute atomic E-state index is 13.0. The highest BCUT2D eigenvalue weighted by molar-refractivity contribution is 5.89. The fourth-order valence-corrected chi connectivity index (χ4v) is 3.18. The zero-order valence-electron chi connectivity index (χ0n) is 16.9. The van der Waals surface area contributed by atoms with Gasteiger partial charge in [0.05, 0.1) is 6.54 Å². The van der Waals surface area contributed by atoms with Crippen molar-refractivity contribution < 1.29 is 4.79 Å². The molecule has 3 aromatic rings. The zero-order valence-corrected chi connectivity index (χ0v) is 16.9. The van der Waals surface area contributed by atoms with Gasteiger partial charge >= 0.3 is 6.03 Å². The predicted octanol–water partition coefficient (Wildman–Crippen LogP) is 5.68. The van der Waals surface area contributed by atoms with Gasteiger partial charge in [0, 0.05) is 30.2 Å². The molecule has 1 heterocycles. The van der Waals surface area contributed by atoms with Gasteiger partial charge in [0.2, 0.25) is 0 Å². The van der Waals surface area contributed by atoms with E-state index in [1.807, 2.05) is 48.2 Å². The van der Waals surface area contributed by atoms with Crippen LogP contribution in [0.4, 0.5) is 10.5 Å². The average Bonchev–Trinajstić information content (AvgIpc) is 3.14. The van der Waals surface area contributed by atoms with E-state index in [0.717, 1.165) is 24.3 Å². The third kappa shape index (κ3) is 5.03. The van der Waals surface area contributed by atoms with E-state index in [4.69, 9.17) is 0 Å². The van der Waals surface area contributed by atoms with Crippen LogP contribution < -0.4 is 5.32 Å². The predicted molar refractivity (Wildman–Crippen MR) is 115 cm³/mol. The summed E-state index contributed by atoms with van der Waals surface area (Å²) in [5, 5.41) is 3.04. The molecule has 4 heteroatoms. The Balaban J connectivity index is 1.75. The molecule has 0 radical (unpaired) electrons. The zero-order chi connectivity index (χ0) is 19.9. The first-order chi connectivity index (χ1) is 13.6. The molecule has 0 fully saturated rings. The monoisotopic (exact) mass is 375 g/mol. The Hall–Kier alpha value is -3.01. The molecule has 1 N–H and O–H groups in total. The summed E-state index contributed by atoms with van der Waals surface area (Å²) in [5.74, 6) is 0. The van der Waals surface area contributed by atoms with Crippen molar-refractivity contribution in [3.8, 4) is 0 Å². The standard InChI is InChI=1S/C24H29N3O/c1-4-20(3)27(24(28)25-22-14-12-19(2)13-15-22)18-23-11-8-16-26(23)17-21-9-6-5-7-10-21/h5-16,20H,4,17-18H2,1-3H3,(H,25,28)/t20-/m1/s1. The highest BCUT2D eigenvalue weighted by atomic mass is 16.2. The molecule has 3 rings (SSSR count). The van der Waals surface area contributed by atoms with Crippen molar-refractivity contribution in [3.63, 3.8) is 0 Å². The minimum absolute atomic E-state index is 0.0642. The van der Waals surface area contributed by atoms with Crippen molar-refractivity contribution in [2.45, 2.75) is 46.3 Å². The maximum Gasteiger partial charge on any atom is 0.322 e. The van der Waals surface area contributed by atoms with Crippen LogP contribution in [0.25, 0.3) is 0 Å². The summed E-state index contributed by atoms with van der Waals surface area (Å²) in [6.07, 6.45) is 2.98. The smallest absolute Gasteiger partial charge is 0.322 e. The van der Waals surface area contributed by atoms with E-state index < -0.39 is 0 Å². The molecule has 28 heavy (non-hydrogen) atoms. The van der Waals surface area contributed by atoms with E-state index >= 15 is 0 Å². The minimum atomic E-state index is -0.0642. The summed E-state index contributed by atoms with van der Waals surface area (Å²) < 4.78 is 2.21. The summed E-state index contributed by atoms with van der Waals surface area (Å²) in [4.78, 5) is 14.9. The SMILES string of the molecule is CC[C@@H](C)N(Cc1cccn1Cc1ccccc1)C(=O)Nc1ccc(C)cc1. The number of nitrogens with zero attached hydrogens (tertiary/aromatic N) is 2. The van der Waals surface area contributed by atoms with Gasteiger partial charge in [-0.05, 0) is 50.1 Å². The van der Waals surface area contributed by atoms with Gasteiger partial charge in [-0.2, -0.15) is 0 Å². The van der Waals surface area contributed by atoms with E-state index in [9.17, 15) is 4.79 Å². The van der Waals surface area contributed by atoms with Crippen molar-refractivity contribution in [2.75, 3.05) is 5.32 Å². The molecule has 0 bridgehead atoms. The van der Waals surface area contributed by atoms with Crippen LogP contribution in [0, 0.1) is 6.92 Å². The molecule has 1 atom stereocenters. The second kappa shape index (κ2) is 9.27. The lowest BCUT2D eigenvalue weighted by Crippen LogP contribution is -2.41. The molecule has 0 saturated carbocycles. The first-order valence-corrected chi connectivity index (χ1v) is 9.89. The van der Waals surface area contributed by atoms with Crippen LogP contribution >= 0.6 is 0 Å². The largest absolute Gasteiger partial charge is 0.345 e. The molecule has 4 nitrogen and oxygen atoms in total. The van der Waals surface area contributed by atoms with Gasteiger partial charge in [-0.1, -0.05) is 55.0 Å². The summed E-state index contributed by atoms with van der Waals surface area (Å²) in [6.45, 7) is 7.63. The number of benzene rings is 2. The number of carbonyl (C=O) groups is 1. The van der Waals surface area contributed by atoms with Crippen LogP contribution in [0.3, 0.4) is 0 Å². The lowest BCUT2D eigenvalue weighted by molar-refractivity contribution is 0.185. The van der Waals surface area contributed by atoms with Crippen LogP contribution in [0.5, 0.6) is 0 Å². The van der Waals surface area contributed by atoms with E-state index in [1.54, 1.807) is 0 Å². The Morgan fingerprint density at radius 1 is 1.04 bits per heavy atom. The van der Waals surface area contributed by atoms with Crippen molar-refractivity contribution in [1.29, 1.82) is 0 Å². The topological polar surface area (TPSA) is 37.3 Å². The number of nitrogens with one attached hydrogen (secondary N) is 1. The minimum Gasteiger partial charge on any atom is -0.345 e. The van der Waals surface area contributed by atoms with Gasteiger partial charge in [-0.3, -0.25) is 0 Å². The Morgan fingerprint density at radius 3 is 2.43 bits per heavy atom. The second-order valence-electron chi connectivity index (χ2n) is 7.29. The Kier molecular flexibility index (Phi) is 6.53. The number of anilines is 1. The van der Waals surface area contributed by atoms with Gasteiger partial charge < -0.3 is 14.8 Å². The molecular formula is C24H29N3O. The molecule has 0 spiro atoms. The normalized spacial score (nSPS) is 11.8. The van der Waals surface area contributed by atoms with Gasteiger partial charge in [0.1, 0.15) is 0 Å². The molecule has 0 aliphatic heterocycles. The molecule has 1 aromatic heterocycles. The molecule has 0 unspecified atom stereocenters. The number of hydrogen-bond acceptors (Lipinski definition) is 1. The van der Waals surface area contributed by atoms with Gasteiger partial charge in [-0.15, -0.1) is 0 Å². The average molecular weight is 376 g/mol. The first-order valence-electron chi connectivity index (χ1n) is 9.89. The van der Waals surface area contributed by atoms with Crippen LogP contribution in [0.2, 0.25) is 0 Å². The van der Waals surface area contributed by atoms with E-state index in [-0.39, 0.29) is 12.1 Å². The summed E-state index contributed by atoms with van der Waals surface area (Å²) in [5.41, 5.74) is 4.38. The van der Waals surface area contributed by atoms with Crippen LogP contribution in [-0.2, 0) is 13.1 Å². The third-order valence-electron chi connectivity index (χ3n) is 5.14. The van der Waals surface area contributed by atoms with E-state index in [0.29, 0.717) is 6.54 Å². The Labute approximate surface area is 167 Å². The quantitative estimate of drug-likeness (QED) is 0.567. The molecule has 146 valence electrons. The van der Waals surface area contributed by atoms with Crippen LogP contribution in [0.1, 0.15) is 37.1 Å². The maximum atomic E-state index is 13.0. The summed E-state index contributed by atoms with van der Waals surface area (Å²) in [7, 11) is 0. The van der Waals surface area contributed by atoms with Crippen molar-refractivity contribution >= 4 is 11.7 Å². The molecule has 2 aromatic carbocycles. The van der Waals surface area contributed by atoms with E-state index in [1.165, 1.54) is 11.1 Å². The highest BCUT2D eigenvalue weighted by Gasteiger charge is 2.20. The molecule has 0 aliphatic rings. The summed E-state index contributed by atoms with van der Waals surface area (Å²) >= 11 is 0. The number of urea groups is 1. The Morgan fingerprint density at radius 2 is 1.75 bits per heavy atom.